The van der Waals surface area contributed by atoms with Crippen LogP contribution < -0.4 is 5.43 Å². The summed E-state index contributed by atoms with van der Waals surface area (Å²) in [7, 11) is 0. The fourth-order valence-corrected chi connectivity index (χ4v) is 0.521. The van der Waals surface area contributed by atoms with Crippen molar-refractivity contribution in [2.45, 2.75) is 12.5 Å². The van der Waals surface area contributed by atoms with Crippen LogP contribution in [0.25, 0.3) is 0 Å². The molecule has 1 rings (SSSR count). The molecule has 1 aliphatic rings. The van der Waals surface area contributed by atoms with Gasteiger partial charge in [-0.2, -0.15) is 5.10 Å². The smallest absolute Gasteiger partial charge is 0.307 e. The molecule has 0 aromatic carbocycles. The summed E-state index contributed by atoms with van der Waals surface area (Å²) in [6, 6.07) is 0. The lowest BCUT2D eigenvalue weighted by atomic mass is 10.4. The molecule has 0 bridgehead atoms. The van der Waals surface area contributed by atoms with Crippen LogP contribution in [0.15, 0.2) is 5.10 Å². The van der Waals surface area contributed by atoms with Gasteiger partial charge in [-0.05, 0) is 0 Å². The fraction of sp³-hybridized carbons (Fsp3) is 0.750. The first-order valence-electron chi connectivity index (χ1n) is 2.50. The Morgan fingerprint density at radius 3 is 2.70 bits per heavy atom. The van der Waals surface area contributed by atoms with E-state index >= 15 is 0 Å². The van der Waals surface area contributed by atoms with Gasteiger partial charge in [-0.25, -0.2) is 0 Å². The number of hydrogen-bond acceptors (Lipinski definition) is 3. The molecule has 1 unspecified atom stereocenters. The number of ether oxygens (including phenoxy) is 1. The molecule has 3 nitrogen and oxygen atoms in total. The Morgan fingerprint density at radius 1 is 1.60 bits per heavy atom. The highest BCUT2D eigenvalue weighted by Gasteiger charge is 2.34. The average Bonchev–Trinajstić information content (AvgIpc) is 2.12. The topological polar surface area (TPSA) is 33.6 Å². The number of alkyl halides is 3. The summed E-state index contributed by atoms with van der Waals surface area (Å²) in [4.78, 5) is 0. The van der Waals surface area contributed by atoms with Crippen LogP contribution >= 0.6 is 0 Å². The third-order valence-corrected chi connectivity index (χ3v) is 0.840. The molecular weight excluding hydrogens is 149 g/mol. The van der Waals surface area contributed by atoms with Crippen LogP contribution in [-0.2, 0) is 4.74 Å². The van der Waals surface area contributed by atoms with Gasteiger partial charge in [-0.15, -0.1) is 13.2 Å². The summed E-state index contributed by atoms with van der Waals surface area (Å²) in [6.07, 6.45) is -3.61. The third-order valence-electron chi connectivity index (χ3n) is 0.840. The van der Waals surface area contributed by atoms with Gasteiger partial charge in [-0.3, -0.25) is 4.74 Å². The Morgan fingerprint density at radius 2 is 2.30 bits per heavy atom. The molecule has 0 aromatic rings. The summed E-state index contributed by atoms with van der Waals surface area (Å²) in [5.74, 6) is 0. The van der Waals surface area contributed by atoms with Crippen molar-refractivity contribution in [1.82, 2.24) is 5.43 Å². The van der Waals surface area contributed by atoms with E-state index in [9.17, 15) is 13.2 Å². The molecule has 1 radical (unpaired) electrons. The first kappa shape index (κ1) is 7.33. The Bertz CT molecular complexity index is 144. The van der Waals surface area contributed by atoms with Crippen molar-refractivity contribution in [3.05, 3.63) is 0 Å². The first-order chi connectivity index (χ1) is 4.58. The van der Waals surface area contributed by atoms with E-state index in [1.54, 1.807) is 0 Å². The van der Waals surface area contributed by atoms with Crippen LogP contribution in [0.2, 0.25) is 0 Å². The zero-order valence-electron chi connectivity index (χ0n) is 4.77. The lowest BCUT2D eigenvalue weighted by Gasteiger charge is -2.09. The second-order valence-corrected chi connectivity index (χ2v) is 1.66. The molecule has 0 saturated carbocycles. The predicted octanol–water partition coefficient (Wildman–Crippen LogP) is 0.357. The van der Waals surface area contributed by atoms with E-state index < -0.39 is 12.5 Å². The summed E-state index contributed by atoms with van der Waals surface area (Å²) in [5.41, 5.74) is 2.28. The van der Waals surface area contributed by atoms with Crippen LogP contribution in [0.3, 0.4) is 0 Å². The summed E-state index contributed by atoms with van der Waals surface area (Å²) in [5, 5.41) is 3.22. The van der Waals surface area contributed by atoms with Gasteiger partial charge < -0.3 is 5.43 Å². The minimum atomic E-state index is -4.60. The molecule has 0 aromatic heterocycles. The number of hydrogen-bond donors (Lipinski definition) is 1. The highest BCUT2D eigenvalue weighted by molar-refractivity contribution is 5.64. The lowest BCUT2D eigenvalue weighted by molar-refractivity contribution is -0.331. The Balaban J connectivity index is 2.31. The van der Waals surface area contributed by atoms with E-state index in [-0.39, 0.29) is 6.54 Å². The van der Waals surface area contributed by atoms with E-state index in [0.29, 0.717) is 0 Å². The van der Waals surface area contributed by atoms with Gasteiger partial charge in [-0.1, -0.05) is 0 Å². The van der Waals surface area contributed by atoms with Gasteiger partial charge in [0.05, 0.1) is 6.54 Å². The summed E-state index contributed by atoms with van der Waals surface area (Å²) < 4.78 is 37.7. The third kappa shape index (κ3) is 2.22. The second-order valence-electron chi connectivity index (χ2n) is 1.66. The summed E-state index contributed by atoms with van der Waals surface area (Å²) >= 11 is 0. The van der Waals surface area contributed by atoms with Crippen molar-refractivity contribution in [2.75, 3.05) is 6.54 Å². The normalized spacial score (nSPS) is 24.9. The molecule has 1 aliphatic heterocycles. The van der Waals surface area contributed by atoms with Crippen LogP contribution in [0.5, 0.6) is 0 Å². The molecule has 0 spiro atoms. The van der Waals surface area contributed by atoms with Gasteiger partial charge in [0.25, 0.3) is 0 Å². The number of nitrogens with zero attached hydrogens (tertiary/aromatic N) is 1. The van der Waals surface area contributed by atoms with E-state index in [1.807, 2.05) is 0 Å². The van der Waals surface area contributed by atoms with Crippen molar-refractivity contribution in [1.29, 1.82) is 0 Å². The zero-order chi connectivity index (χ0) is 7.61. The molecular formula is C4H4F3N2O. The average molecular weight is 153 g/mol. The quantitative estimate of drug-likeness (QED) is 0.590. The standard InChI is InChI=1S/C4H4F3N2O/c5-4(6,7)10-3-1-8-9-2-3/h3,8H,1H2. The van der Waals surface area contributed by atoms with Crippen LogP contribution in [0, 0.1) is 0 Å². The molecule has 57 valence electrons. The van der Waals surface area contributed by atoms with Crippen molar-refractivity contribution in [2.24, 2.45) is 5.10 Å². The highest BCUT2D eigenvalue weighted by atomic mass is 19.4. The van der Waals surface area contributed by atoms with E-state index in [2.05, 4.69) is 21.5 Å². The van der Waals surface area contributed by atoms with E-state index in [1.165, 1.54) is 0 Å². The van der Waals surface area contributed by atoms with Crippen molar-refractivity contribution < 1.29 is 17.9 Å². The monoisotopic (exact) mass is 153 g/mol. The summed E-state index contributed by atoms with van der Waals surface area (Å²) in [6.45, 7) is 0.0273. The molecule has 1 heterocycles. The number of halogens is 3. The minimum Gasteiger partial charge on any atom is -0.307 e. The Kier molecular flexibility index (Phi) is 1.80. The minimum absolute atomic E-state index is 0.0273. The maximum Gasteiger partial charge on any atom is 0.523 e. The Hall–Kier alpha value is -0.780. The molecule has 0 saturated heterocycles. The van der Waals surface area contributed by atoms with Gasteiger partial charge >= 0.3 is 6.36 Å². The van der Waals surface area contributed by atoms with Crippen molar-refractivity contribution >= 4 is 6.21 Å². The van der Waals surface area contributed by atoms with Crippen molar-refractivity contribution in [3.63, 3.8) is 0 Å². The highest BCUT2D eigenvalue weighted by Crippen LogP contribution is 2.18. The Labute approximate surface area is 54.9 Å². The lowest BCUT2D eigenvalue weighted by Crippen LogP contribution is -2.27. The molecule has 10 heavy (non-hydrogen) atoms. The largest absolute Gasteiger partial charge is 0.523 e. The first-order valence-corrected chi connectivity index (χ1v) is 2.50. The number of rotatable bonds is 1. The molecule has 0 aliphatic carbocycles. The zero-order valence-corrected chi connectivity index (χ0v) is 4.77. The van der Waals surface area contributed by atoms with Gasteiger partial charge in [0.15, 0.2) is 0 Å². The molecule has 0 amide bonds. The van der Waals surface area contributed by atoms with Crippen LogP contribution in [0.4, 0.5) is 13.2 Å². The van der Waals surface area contributed by atoms with Gasteiger partial charge in [0.1, 0.15) is 12.3 Å². The molecule has 1 N–H and O–H groups in total. The SMILES string of the molecule is FC(F)(F)OC1[C]=NNC1. The molecule has 0 fully saturated rings. The van der Waals surface area contributed by atoms with Crippen LogP contribution in [0.1, 0.15) is 0 Å². The predicted molar refractivity (Wildman–Crippen MR) is 26.4 cm³/mol. The van der Waals surface area contributed by atoms with Crippen LogP contribution in [-0.4, -0.2) is 25.2 Å². The van der Waals surface area contributed by atoms with E-state index in [4.69, 9.17) is 0 Å². The maximum absolute atomic E-state index is 11.4. The molecule has 6 heteroatoms. The van der Waals surface area contributed by atoms with Gasteiger partial charge in [0, 0.05) is 0 Å². The molecule has 1 atom stereocenters. The van der Waals surface area contributed by atoms with E-state index in [0.717, 1.165) is 0 Å². The number of hydrazone groups is 1. The van der Waals surface area contributed by atoms with Crippen molar-refractivity contribution in [3.8, 4) is 0 Å². The second kappa shape index (κ2) is 2.45. The maximum atomic E-state index is 11.4. The fourth-order valence-electron chi connectivity index (χ4n) is 0.521. The number of nitrogens with one attached hydrogen (secondary N) is 1. The van der Waals surface area contributed by atoms with Gasteiger partial charge in [0.2, 0.25) is 0 Å².